The predicted octanol–water partition coefficient (Wildman–Crippen LogP) is 5.42. The van der Waals surface area contributed by atoms with Gasteiger partial charge in [0.2, 0.25) is 0 Å². The van der Waals surface area contributed by atoms with Gasteiger partial charge in [0.25, 0.3) is 0 Å². The van der Waals surface area contributed by atoms with Crippen LogP contribution in [-0.2, 0) is 0 Å². The number of anilines is 1. The molecule has 0 bridgehead atoms. The number of aromatic nitrogens is 2. The Morgan fingerprint density at radius 3 is 2.52 bits per heavy atom. The Morgan fingerprint density at radius 1 is 1.09 bits per heavy atom. The first-order valence-corrected chi connectivity index (χ1v) is 10.5. The molecule has 164 valence electrons. The summed E-state index contributed by atoms with van der Waals surface area (Å²) < 4.78 is 5.81. The summed E-state index contributed by atoms with van der Waals surface area (Å²) in [5.74, 6) is 0.917. The summed E-state index contributed by atoms with van der Waals surface area (Å²) in [5, 5.41) is 13.7. The third-order valence-electron chi connectivity index (χ3n) is 5.02. The maximum absolute atomic E-state index is 12.6. The second-order valence-corrected chi connectivity index (χ2v) is 7.87. The van der Waals surface area contributed by atoms with E-state index in [1.54, 1.807) is 50.8 Å². The lowest BCUT2D eigenvalue weighted by Gasteiger charge is -2.24. The summed E-state index contributed by atoms with van der Waals surface area (Å²) in [7, 11) is 3.22. The molecule has 2 aromatic carbocycles. The van der Waals surface area contributed by atoms with Crippen molar-refractivity contribution < 1.29 is 9.53 Å². The Morgan fingerprint density at radius 2 is 1.85 bits per heavy atom. The molecule has 0 aliphatic carbocycles. The average molecular weight is 458 g/mol. The van der Waals surface area contributed by atoms with Crippen molar-refractivity contribution in [3.8, 4) is 11.8 Å². The fourth-order valence-corrected chi connectivity index (χ4v) is 3.65. The lowest BCUT2D eigenvalue weighted by molar-refractivity contribution is 0.172. The zero-order chi connectivity index (χ0) is 23.4. The minimum absolute atomic E-state index is 0.298. The third-order valence-corrected chi connectivity index (χ3v) is 5.33. The number of nitrogens with one attached hydrogen (secondary N) is 1. The van der Waals surface area contributed by atoms with Crippen molar-refractivity contribution in [3.63, 3.8) is 0 Å². The van der Waals surface area contributed by atoms with E-state index in [0.717, 1.165) is 5.56 Å². The number of halogens is 1. The second kappa shape index (κ2) is 9.55. The van der Waals surface area contributed by atoms with Crippen LogP contribution in [0, 0.1) is 11.3 Å². The lowest BCUT2D eigenvalue weighted by Crippen LogP contribution is -2.26. The largest absolute Gasteiger partial charge is 0.414 e. The van der Waals surface area contributed by atoms with E-state index in [1.807, 2.05) is 36.4 Å². The van der Waals surface area contributed by atoms with Crippen molar-refractivity contribution in [2.45, 2.75) is 6.04 Å². The summed E-state index contributed by atoms with van der Waals surface area (Å²) in [4.78, 5) is 22.7. The van der Waals surface area contributed by atoms with E-state index in [-0.39, 0.29) is 0 Å². The van der Waals surface area contributed by atoms with E-state index >= 15 is 0 Å². The van der Waals surface area contributed by atoms with Gasteiger partial charge in [0, 0.05) is 37.4 Å². The van der Waals surface area contributed by atoms with Gasteiger partial charge in [0.05, 0.1) is 22.7 Å². The molecule has 33 heavy (non-hydrogen) atoms. The van der Waals surface area contributed by atoms with Crippen molar-refractivity contribution in [2.75, 3.05) is 19.4 Å². The van der Waals surface area contributed by atoms with Gasteiger partial charge in [-0.15, -0.1) is 0 Å². The molecule has 0 aliphatic heterocycles. The minimum atomic E-state index is -0.540. The van der Waals surface area contributed by atoms with Crippen molar-refractivity contribution in [2.24, 2.45) is 0 Å². The van der Waals surface area contributed by atoms with Gasteiger partial charge < -0.3 is 15.0 Å². The quantitative estimate of drug-likeness (QED) is 0.430. The maximum Gasteiger partial charge on any atom is 0.414 e. The summed E-state index contributed by atoms with van der Waals surface area (Å²) in [5.41, 5.74) is 2.44. The molecule has 4 aromatic rings. The first-order valence-electron chi connectivity index (χ1n) is 10.1. The number of benzene rings is 2. The van der Waals surface area contributed by atoms with Crippen molar-refractivity contribution >= 4 is 34.4 Å². The summed E-state index contributed by atoms with van der Waals surface area (Å²) >= 11 is 6.64. The number of carbonyl (C=O) groups is 1. The number of hydrogen-bond donors (Lipinski definition) is 1. The van der Waals surface area contributed by atoms with E-state index in [0.29, 0.717) is 38.6 Å². The van der Waals surface area contributed by atoms with Crippen molar-refractivity contribution in [1.82, 2.24) is 14.9 Å². The van der Waals surface area contributed by atoms with Crippen molar-refractivity contribution in [1.29, 1.82) is 5.26 Å². The molecule has 7 nitrogen and oxygen atoms in total. The fraction of sp³-hybridized carbons (Fsp3) is 0.120. The van der Waals surface area contributed by atoms with Gasteiger partial charge in [-0.1, -0.05) is 29.8 Å². The number of pyridine rings is 2. The van der Waals surface area contributed by atoms with Crippen LogP contribution in [0.4, 0.5) is 10.6 Å². The van der Waals surface area contributed by atoms with Gasteiger partial charge in [-0.3, -0.25) is 4.98 Å². The van der Waals surface area contributed by atoms with Crippen LogP contribution in [0.1, 0.15) is 22.7 Å². The molecule has 4 rings (SSSR count). The summed E-state index contributed by atoms with van der Waals surface area (Å²) in [6.45, 7) is 0. The van der Waals surface area contributed by atoms with Crippen molar-refractivity contribution in [3.05, 3.63) is 94.8 Å². The van der Waals surface area contributed by atoms with Crippen LogP contribution in [0.5, 0.6) is 5.75 Å². The highest BCUT2D eigenvalue weighted by Gasteiger charge is 2.25. The molecule has 0 saturated heterocycles. The highest BCUT2D eigenvalue weighted by atomic mass is 35.5. The second-order valence-electron chi connectivity index (χ2n) is 7.46. The van der Waals surface area contributed by atoms with Crippen LogP contribution in [-0.4, -0.2) is 35.1 Å². The Labute approximate surface area is 196 Å². The first-order chi connectivity index (χ1) is 16.0. The summed E-state index contributed by atoms with van der Waals surface area (Å²) in [6.07, 6.45) is 2.76. The van der Waals surface area contributed by atoms with Gasteiger partial charge in [-0.05, 0) is 48.0 Å². The van der Waals surface area contributed by atoms with Gasteiger partial charge in [-0.25, -0.2) is 9.78 Å². The number of hydrogen-bond acceptors (Lipinski definition) is 6. The van der Waals surface area contributed by atoms with Gasteiger partial charge in [-0.2, -0.15) is 5.26 Å². The van der Waals surface area contributed by atoms with Crippen LogP contribution in [0.15, 0.2) is 73.1 Å². The smallest absolute Gasteiger partial charge is 0.407 e. The number of ether oxygens (including phenoxy) is 1. The Hall–Kier alpha value is -4.15. The van der Waals surface area contributed by atoms with Gasteiger partial charge in [0.1, 0.15) is 11.3 Å². The van der Waals surface area contributed by atoms with Gasteiger partial charge >= 0.3 is 6.09 Å². The molecule has 1 unspecified atom stereocenters. The molecular weight excluding hydrogens is 438 g/mol. The minimum Gasteiger partial charge on any atom is -0.407 e. The highest BCUT2D eigenvalue weighted by Crippen LogP contribution is 2.40. The standard InChI is InChI=1S/C25H20ClN5O2/c1-31(2)25(32)33-24-19(14-20(26)18-6-5-13-29-23(18)24)22(30-21-7-3-4-12-28-21)17-10-8-16(15-27)9-11-17/h3-14,22H,1-2H3,(H,28,30). The number of fused-ring (bicyclic) bond motifs is 1. The number of rotatable bonds is 5. The normalized spacial score (nSPS) is 11.5. The third kappa shape index (κ3) is 4.71. The van der Waals surface area contributed by atoms with Crippen LogP contribution in [0.2, 0.25) is 5.02 Å². The molecule has 8 heteroatoms. The Bertz CT molecular complexity index is 1340. The number of nitrogens with zero attached hydrogens (tertiary/aromatic N) is 4. The molecule has 0 saturated carbocycles. The van der Waals surface area contributed by atoms with Crippen LogP contribution < -0.4 is 10.1 Å². The molecule has 2 heterocycles. The van der Waals surface area contributed by atoms with Crippen LogP contribution in [0.25, 0.3) is 10.9 Å². The Kier molecular flexibility index (Phi) is 6.38. The first kappa shape index (κ1) is 22.1. The zero-order valence-electron chi connectivity index (χ0n) is 18.0. The fourth-order valence-electron chi connectivity index (χ4n) is 3.38. The van der Waals surface area contributed by atoms with E-state index in [4.69, 9.17) is 16.3 Å². The molecule has 0 radical (unpaired) electrons. The molecule has 0 spiro atoms. The van der Waals surface area contributed by atoms with E-state index in [9.17, 15) is 10.1 Å². The predicted molar refractivity (Wildman–Crippen MR) is 127 cm³/mol. The number of amides is 1. The maximum atomic E-state index is 12.6. The van der Waals surface area contributed by atoms with Gasteiger partial charge in [0.15, 0.2) is 5.75 Å². The molecule has 1 amide bonds. The lowest BCUT2D eigenvalue weighted by atomic mass is 9.95. The topological polar surface area (TPSA) is 91.1 Å². The Balaban J connectivity index is 1.94. The van der Waals surface area contributed by atoms with Crippen LogP contribution >= 0.6 is 11.6 Å². The highest BCUT2D eigenvalue weighted by molar-refractivity contribution is 6.35. The number of nitriles is 1. The monoisotopic (exact) mass is 457 g/mol. The van der Waals surface area contributed by atoms with E-state index < -0.39 is 12.1 Å². The molecule has 0 fully saturated rings. The van der Waals surface area contributed by atoms with E-state index in [1.165, 1.54) is 4.90 Å². The molecular formula is C25H20ClN5O2. The molecule has 2 aromatic heterocycles. The zero-order valence-corrected chi connectivity index (χ0v) is 18.7. The number of carbonyl (C=O) groups excluding carboxylic acids is 1. The SMILES string of the molecule is CN(C)C(=O)Oc1c(C(Nc2ccccn2)c2ccc(C#N)cc2)cc(Cl)c2cccnc12. The summed E-state index contributed by atoms with van der Waals surface area (Å²) in [6, 6.07) is 19.7. The van der Waals surface area contributed by atoms with E-state index in [2.05, 4.69) is 21.4 Å². The molecule has 1 atom stereocenters. The van der Waals surface area contributed by atoms with Crippen LogP contribution in [0.3, 0.4) is 0 Å². The molecule has 0 aliphatic rings. The average Bonchev–Trinajstić information content (AvgIpc) is 2.85. The molecule has 1 N–H and O–H groups in total.